The molecule has 0 bridgehead atoms. The molecule has 1 spiro atoms. The van der Waals surface area contributed by atoms with Crippen LogP contribution in [0.5, 0.6) is 0 Å². The highest BCUT2D eigenvalue weighted by Gasteiger charge is 2.49. The number of nitrogens with zero attached hydrogens (tertiary/aromatic N) is 2. The van der Waals surface area contributed by atoms with Crippen LogP contribution in [0.1, 0.15) is 33.6 Å². The molecule has 1 N–H and O–H groups in total. The summed E-state index contributed by atoms with van der Waals surface area (Å²) in [6.07, 6.45) is 1.38. The number of likely N-dealkylation sites (tertiary alicyclic amines) is 2. The largest absolute Gasteiger partial charge is 0.396 e. The number of carbonyl (C=O) groups excluding carboxylic acids is 2. The van der Waals surface area contributed by atoms with E-state index in [4.69, 9.17) is 0 Å². The number of aliphatic hydroxyl groups is 1. The number of halogens is 1. The molecular formula is C23H25FN2O3. The fourth-order valence-corrected chi connectivity index (χ4v) is 4.73. The quantitative estimate of drug-likeness (QED) is 0.868. The lowest BCUT2D eigenvalue weighted by Crippen LogP contribution is -2.47. The standard InChI is InChI=1S/C23H25FN2O3/c24-20-9-5-4-8-19(20)22(29)25-12-10-23(11-13-25)16-26(14-18(23)15-27)21(28)17-6-2-1-3-7-17/h1-9,18,27H,10-16H2. The Bertz CT molecular complexity index is 894. The number of hydrogen-bond donors (Lipinski definition) is 1. The molecule has 2 aliphatic rings. The van der Waals surface area contributed by atoms with Gasteiger partial charge in [0.2, 0.25) is 0 Å². The van der Waals surface area contributed by atoms with Crippen LogP contribution in [-0.4, -0.2) is 59.5 Å². The summed E-state index contributed by atoms with van der Waals surface area (Å²) in [7, 11) is 0. The van der Waals surface area contributed by atoms with E-state index in [0.29, 0.717) is 44.6 Å². The fourth-order valence-electron chi connectivity index (χ4n) is 4.73. The summed E-state index contributed by atoms with van der Waals surface area (Å²) >= 11 is 0. The van der Waals surface area contributed by atoms with Gasteiger partial charge in [0, 0.05) is 44.3 Å². The van der Waals surface area contributed by atoms with Crippen molar-refractivity contribution in [3.05, 3.63) is 71.5 Å². The number of piperidine rings is 1. The highest BCUT2D eigenvalue weighted by molar-refractivity contribution is 5.95. The molecule has 29 heavy (non-hydrogen) atoms. The zero-order valence-electron chi connectivity index (χ0n) is 16.3. The average Bonchev–Trinajstić information content (AvgIpc) is 3.12. The molecule has 2 heterocycles. The van der Waals surface area contributed by atoms with Crippen LogP contribution in [-0.2, 0) is 0 Å². The molecule has 2 aromatic carbocycles. The second-order valence-electron chi connectivity index (χ2n) is 8.07. The zero-order chi connectivity index (χ0) is 20.4. The van der Waals surface area contributed by atoms with E-state index < -0.39 is 5.82 Å². The highest BCUT2D eigenvalue weighted by atomic mass is 19.1. The van der Waals surface area contributed by atoms with Gasteiger partial charge in [0.25, 0.3) is 11.8 Å². The van der Waals surface area contributed by atoms with Crippen LogP contribution in [0.25, 0.3) is 0 Å². The van der Waals surface area contributed by atoms with E-state index >= 15 is 0 Å². The SMILES string of the molecule is O=C(c1ccccc1)N1CC(CO)C2(CCN(C(=O)c3ccccc3F)CC2)C1. The number of benzene rings is 2. The normalized spacial score (nSPS) is 20.8. The molecule has 1 atom stereocenters. The molecule has 152 valence electrons. The van der Waals surface area contributed by atoms with Gasteiger partial charge < -0.3 is 14.9 Å². The van der Waals surface area contributed by atoms with E-state index in [1.54, 1.807) is 29.2 Å². The Balaban J connectivity index is 1.46. The van der Waals surface area contributed by atoms with E-state index in [0.717, 1.165) is 0 Å². The van der Waals surface area contributed by atoms with Gasteiger partial charge in [-0.05, 0) is 42.5 Å². The molecule has 6 heteroatoms. The molecule has 2 aromatic rings. The number of amides is 2. The number of rotatable bonds is 3. The first-order chi connectivity index (χ1) is 14.0. The van der Waals surface area contributed by atoms with Crippen molar-refractivity contribution in [1.29, 1.82) is 0 Å². The van der Waals surface area contributed by atoms with Crippen LogP contribution in [0.3, 0.4) is 0 Å². The number of hydrogen-bond acceptors (Lipinski definition) is 3. The van der Waals surface area contributed by atoms with Gasteiger partial charge in [0.1, 0.15) is 5.82 Å². The van der Waals surface area contributed by atoms with Gasteiger partial charge in [-0.15, -0.1) is 0 Å². The highest BCUT2D eigenvalue weighted by Crippen LogP contribution is 2.45. The third-order valence-electron chi connectivity index (χ3n) is 6.49. The molecule has 0 aliphatic carbocycles. The maximum Gasteiger partial charge on any atom is 0.256 e. The number of carbonyl (C=O) groups is 2. The molecule has 2 aliphatic heterocycles. The smallest absolute Gasteiger partial charge is 0.256 e. The van der Waals surface area contributed by atoms with E-state index in [-0.39, 0.29) is 35.3 Å². The van der Waals surface area contributed by atoms with Gasteiger partial charge in [-0.2, -0.15) is 0 Å². The van der Waals surface area contributed by atoms with Crippen molar-refractivity contribution >= 4 is 11.8 Å². The first-order valence-corrected chi connectivity index (χ1v) is 10.0. The van der Waals surface area contributed by atoms with Crippen molar-refractivity contribution in [1.82, 2.24) is 9.80 Å². The van der Waals surface area contributed by atoms with Crippen LogP contribution in [0.2, 0.25) is 0 Å². The molecule has 0 saturated carbocycles. The molecule has 2 fully saturated rings. The maximum atomic E-state index is 14.0. The summed E-state index contributed by atoms with van der Waals surface area (Å²) in [4.78, 5) is 29.1. The molecule has 5 nitrogen and oxygen atoms in total. The number of aliphatic hydroxyl groups excluding tert-OH is 1. The maximum absolute atomic E-state index is 14.0. The monoisotopic (exact) mass is 396 g/mol. The predicted molar refractivity (Wildman–Crippen MR) is 107 cm³/mol. The van der Waals surface area contributed by atoms with Crippen molar-refractivity contribution in [2.45, 2.75) is 12.8 Å². The lowest BCUT2D eigenvalue weighted by molar-refractivity contribution is 0.0393. The summed E-state index contributed by atoms with van der Waals surface area (Å²) in [5.41, 5.74) is 0.536. The second kappa shape index (κ2) is 7.95. The molecule has 2 saturated heterocycles. The van der Waals surface area contributed by atoms with Crippen molar-refractivity contribution in [3.63, 3.8) is 0 Å². The lowest BCUT2D eigenvalue weighted by Gasteiger charge is -2.42. The minimum atomic E-state index is -0.508. The van der Waals surface area contributed by atoms with Gasteiger partial charge in [0.15, 0.2) is 0 Å². The summed E-state index contributed by atoms with van der Waals surface area (Å²) in [6, 6.07) is 15.2. The molecule has 2 amide bonds. The van der Waals surface area contributed by atoms with Gasteiger partial charge in [-0.25, -0.2) is 4.39 Å². The van der Waals surface area contributed by atoms with Crippen molar-refractivity contribution in [2.24, 2.45) is 11.3 Å². The van der Waals surface area contributed by atoms with Crippen LogP contribution < -0.4 is 0 Å². The molecular weight excluding hydrogens is 371 g/mol. The Morgan fingerprint density at radius 3 is 2.28 bits per heavy atom. The second-order valence-corrected chi connectivity index (χ2v) is 8.07. The summed E-state index contributed by atoms with van der Waals surface area (Å²) in [6.45, 7) is 2.10. The van der Waals surface area contributed by atoms with Gasteiger partial charge in [0.05, 0.1) is 5.56 Å². The topological polar surface area (TPSA) is 60.9 Å². The summed E-state index contributed by atoms with van der Waals surface area (Å²) in [5, 5.41) is 9.97. The Labute approximate surface area is 169 Å². The van der Waals surface area contributed by atoms with E-state index in [1.807, 2.05) is 23.1 Å². The van der Waals surface area contributed by atoms with Crippen LogP contribution in [0, 0.1) is 17.2 Å². The lowest BCUT2D eigenvalue weighted by atomic mass is 9.71. The van der Waals surface area contributed by atoms with E-state index in [1.165, 1.54) is 12.1 Å². The third kappa shape index (κ3) is 3.65. The first-order valence-electron chi connectivity index (χ1n) is 10.0. The van der Waals surface area contributed by atoms with Crippen LogP contribution in [0.4, 0.5) is 4.39 Å². The Morgan fingerprint density at radius 1 is 0.966 bits per heavy atom. The molecule has 0 radical (unpaired) electrons. The van der Waals surface area contributed by atoms with Crippen LogP contribution in [0.15, 0.2) is 54.6 Å². The van der Waals surface area contributed by atoms with Gasteiger partial charge in [-0.3, -0.25) is 9.59 Å². The van der Waals surface area contributed by atoms with E-state index in [9.17, 15) is 19.1 Å². The Kier molecular flexibility index (Phi) is 5.37. The summed E-state index contributed by atoms with van der Waals surface area (Å²) < 4.78 is 14.0. The molecule has 0 aromatic heterocycles. The van der Waals surface area contributed by atoms with Crippen molar-refractivity contribution in [2.75, 3.05) is 32.8 Å². The van der Waals surface area contributed by atoms with Crippen molar-refractivity contribution < 1.29 is 19.1 Å². The first kappa shape index (κ1) is 19.6. The third-order valence-corrected chi connectivity index (χ3v) is 6.49. The minimum Gasteiger partial charge on any atom is -0.396 e. The Hall–Kier alpha value is -2.73. The molecule has 1 unspecified atom stereocenters. The summed E-state index contributed by atoms with van der Waals surface area (Å²) in [5.74, 6) is -0.841. The molecule has 4 rings (SSSR count). The van der Waals surface area contributed by atoms with Gasteiger partial charge in [-0.1, -0.05) is 30.3 Å². The van der Waals surface area contributed by atoms with Crippen LogP contribution >= 0.6 is 0 Å². The minimum absolute atomic E-state index is 0.0131. The zero-order valence-corrected chi connectivity index (χ0v) is 16.3. The average molecular weight is 396 g/mol. The van der Waals surface area contributed by atoms with E-state index in [2.05, 4.69) is 0 Å². The predicted octanol–water partition coefficient (Wildman–Crippen LogP) is 2.81. The van der Waals surface area contributed by atoms with Gasteiger partial charge >= 0.3 is 0 Å². The Morgan fingerprint density at radius 2 is 1.62 bits per heavy atom. The van der Waals surface area contributed by atoms with Crippen molar-refractivity contribution in [3.8, 4) is 0 Å². The fraction of sp³-hybridized carbons (Fsp3) is 0.391.